The predicted octanol–water partition coefficient (Wildman–Crippen LogP) is 4.10. The highest BCUT2D eigenvalue weighted by Crippen LogP contribution is 2.26. The van der Waals surface area contributed by atoms with Gasteiger partial charge in [0.15, 0.2) is 0 Å². The first-order chi connectivity index (χ1) is 9.93. The number of aromatic nitrogens is 2. The number of hydrogen-bond donors (Lipinski definition) is 0. The fraction of sp³-hybridized carbons (Fsp3) is 0.375. The fourth-order valence-electron chi connectivity index (χ4n) is 2.29. The molecule has 1 aromatic heterocycles. The molecule has 1 heterocycles. The highest BCUT2D eigenvalue weighted by Gasteiger charge is 2.09. The van der Waals surface area contributed by atoms with Crippen molar-refractivity contribution >= 4 is 33.5 Å². The number of benzene rings is 1. The van der Waals surface area contributed by atoms with E-state index >= 15 is 0 Å². The van der Waals surface area contributed by atoms with Gasteiger partial charge in [0.1, 0.15) is 5.69 Å². The molecular weight excluding hydrogens is 328 g/mol. The summed E-state index contributed by atoms with van der Waals surface area (Å²) in [6.07, 6.45) is 1.89. The van der Waals surface area contributed by atoms with Gasteiger partial charge in [0, 0.05) is 31.3 Å². The van der Waals surface area contributed by atoms with E-state index in [0.29, 0.717) is 0 Å². The van der Waals surface area contributed by atoms with Gasteiger partial charge in [-0.2, -0.15) is 5.10 Å². The minimum atomic E-state index is 0.866. The molecule has 0 saturated heterocycles. The third-order valence-electron chi connectivity index (χ3n) is 3.44. The maximum atomic E-state index is 4.62. The first-order valence-electron chi connectivity index (χ1n) is 6.99. The molecule has 0 N–H and O–H groups in total. The summed E-state index contributed by atoms with van der Waals surface area (Å²) in [6.45, 7) is 7.01. The largest absolute Gasteiger partial charge is 0.377 e. The molecule has 0 saturated carbocycles. The van der Waals surface area contributed by atoms with Gasteiger partial charge in [-0.3, -0.25) is 9.67 Å². The minimum Gasteiger partial charge on any atom is -0.377 e. The Morgan fingerprint density at radius 1 is 1.33 bits per heavy atom. The number of aryl methyl sites for hydroxylation is 2. The van der Waals surface area contributed by atoms with Gasteiger partial charge in [-0.05, 0) is 54.4 Å². The molecule has 0 aliphatic rings. The molecule has 0 unspecified atom stereocenters. The lowest BCUT2D eigenvalue weighted by Crippen LogP contribution is -2.09. The molecule has 2 rings (SSSR count). The zero-order chi connectivity index (χ0) is 15.6. The van der Waals surface area contributed by atoms with Gasteiger partial charge in [0.2, 0.25) is 0 Å². The van der Waals surface area contributed by atoms with Crippen molar-refractivity contribution in [3.8, 4) is 0 Å². The van der Waals surface area contributed by atoms with E-state index in [-0.39, 0.29) is 0 Å². The molecule has 0 aliphatic heterocycles. The second kappa shape index (κ2) is 6.43. The minimum absolute atomic E-state index is 0.866. The maximum absolute atomic E-state index is 4.62. The normalized spacial score (nSPS) is 11.3. The monoisotopic (exact) mass is 348 g/mol. The van der Waals surface area contributed by atoms with Crippen LogP contribution in [0.15, 0.2) is 27.7 Å². The van der Waals surface area contributed by atoms with Crippen molar-refractivity contribution in [3.63, 3.8) is 0 Å². The van der Waals surface area contributed by atoms with Gasteiger partial charge in [-0.1, -0.05) is 6.07 Å². The summed E-state index contributed by atoms with van der Waals surface area (Å²) in [7, 11) is 4.05. The summed E-state index contributed by atoms with van der Waals surface area (Å²) in [5.41, 5.74) is 5.25. The van der Waals surface area contributed by atoms with Crippen LogP contribution in [0.4, 0.5) is 11.4 Å². The van der Waals surface area contributed by atoms with Crippen LogP contribution in [0.2, 0.25) is 0 Å². The van der Waals surface area contributed by atoms with Crippen LogP contribution < -0.4 is 4.90 Å². The molecule has 0 spiro atoms. The predicted molar refractivity (Wildman–Crippen MR) is 93.1 cm³/mol. The number of nitrogens with zero attached hydrogens (tertiary/aromatic N) is 4. The van der Waals surface area contributed by atoms with Crippen LogP contribution in [0.1, 0.15) is 23.9 Å². The topological polar surface area (TPSA) is 33.4 Å². The lowest BCUT2D eigenvalue weighted by Gasteiger charge is -2.14. The third kappa shape index (κ3) is 3.35. The van der Waals surface area contributed by atoms with E-state index in [0.717, 1.165) is 39.3 Å². The first kappa shape index (κ1) is 15.8. The van der Waals surface area contributed by atoms with Crippen molar-refractivity contribution in [1.29, 1.82) is 0 Å². The second-order valence-corrected chi connectivity index (χ2v) is 6.05. The zero-order valence-electron chi connectivity index (χ0n) is 13.2. The summed E-state index contributed by atoms with van der Waals surface area (Å²) in [5.74, 6) is 0. The van der Waals surface area contributed by atoms with E-state index in [4.69, 9.17) is 0 Å². The molecule has 0 atom stereocenters. The van der Waals surface area contributed by atoms with Crippen molar-refractivity contribution in [2.75, 3.05) is 19.0 Å². The van der Waals surface area contributed by atoms with Crippen molar-refractivity contribution in [2.24, 2.45) is 4.99 Å². The standard InChI is InChI=1S/C16H21BrN4/c1-6-21-12(3)16(11(2)19-21)18-10-13-7-8-15(20(4)5)14(17)9-13/h7-10H,6H2,1-5H3. The summed E-state index contributed by atoms with van der Waals surface area (Å²) in [5, 5.41) is 4.48. The van der Waals surface area contributed by atoms with E-state index in [1.165, 1.54) is 0 Å². The van der Waals surface area contributed by atoms with Gasteiger partial charge in [0.25, 0.3) is 0 Å². The summed E-state index contributed by atoms with van der Waals surface area (Å²) < 4.78 is 3.04. The Balaban J connectivity index is 2.30. The Bertz CT molecular complexity index is 671. The molecule has 21 heavy (non-hydrogen) atoms. The Hall–Kier alpha value is -1.62. The van der Waals surface area contributed by atoms with E-state index in [9.17, 15) is 0 Å². The van der Waals surface area contributed by atoms with E-state index in [2.05, 4.69) is 63.0 Å². The van der Waals surface area contributed by atoms with Crippen LogP contribution in [0.25, 0.3) is 0 Å². The Kier molecular flexibility index (Phi) is 4.83. The highest BCUT2D eigenvalue weighted by atomic mass is 79.9. The number of halogens is 1. The molecule has 0 amide bonds. The quantitative estimate of drug-likeness (QED) is 0.779. The molecule has 112 valence electrons. The first-order valence-corrected chi connectivity index (χ1v) is 7.78. The van der Waals surface area contributed by atoms with Crippen molar-refractivity contribution in [3.05, 3.63) is 39.6 Å². The smallest absolute Gasteiger partial charge is 0.107 e. The Morgan fingerprint density at radius 2 is 2.05 bits per heavy atom. The molecule has 1 aromatic carbocycles. The maximum Gasteiger partial charge on any atom is 0.107 e. The van der Waals surface area contributed by atoms with Crippen LogP contribution >= 0.6 is 15.9 Å². The molecule has 0 bridgehead atoms. The Morgan fingerprint density at radius 3 is 2.57 bits per heavy atom. The van der Waals surface area contributed by atoms with Crippen molar-refractivity contribution in [2.45, 2.75) is 27.3 Å². The second-order valence-electron chi connectivity index (χ2n) is 5.20. The van der Waals surface area contributed by atoms with Crippen LogP contribution in [0.5, 0.6) is 0 Å². The Labute approximate surface area is 134 Å². The van der Waals surface area contributed by atoms with Gasteiger partial charge in [0.05, 0.1) is 17.1 Å². The molecule has 0 fully saturated rings. The number of hydrogen-bond acceptors (Lipinski definition) is 3. The molecule has 0 radical (unpaired) electrons. The average molecular weight is 349 g/mol. The van der Waals surface area contributed by atoms with E-state index in [1.54, 1.807) is 0 Å². The van der Waals surface area contributed by atoms with Crippen LogP contribution in [-0.4, -0.2) is 30.1 Å². The van der Waals surface area contributed by atoms with Gasteiger partial charge < -0.3 is 4.90 Å². The summed E-state index contributed by atoms with van der Waals surface area (Å²) >= 11 is 3.60. The van der Waals surface area contributed by atoms with Crippen molar-refractivity contribution < 1.29 is 0 Å². The molecule has 5 heteroatoms. The lowest BCUT2D eigenvalue weighted by atomic mass is 10.2. The molecule has 4 nitrogen and oxygen atoms in total. The summed E-state index contributed by atoms with van der Waals surface area (Å²) in [6, 6.07) is 6.23. The van der Waals surface area contributed by atoms with Crippen LogP contribution in [0, 0.1) is 13.8 Å². The van der Waals surface area contributed by atoms with Crippen LogP contribution in [0.3, 0.4) is 0 Å². The van der Waals surface area contributed by atoms with E-state index in [1.807, 2.05) is 31.9 Å². The number of anilines is 1. The zero-order valence-corrected chi connectivity index (χ0v) is 14.8. The lowest BCUT2D eigenvalue weighted by molar-refractivity contribution is 0.634. The summed E-state index contributed by atoms with van der Waals surface area (Å²) in [4.78, 5) is 6.69. The fourth-order valence-corrected chi connectivity index (χ4v) is 3.04. The highest BCUT2D eigenvalue weighted by molar-refractivity contribution is 9.10. The van der Waals surface area contributed by atoms with Crippen molar-refractivity contribution in [1.82, 2.24) is 9.78 Å². The number of aliphatic imine (C=N–C) groups is 1. The third-order valence-corrected chi connectivity index (χ3v) is 4.07. The SMILES string of the molecule is CCn1nc(C)c(N=Cc2ccc(N(C)C)c(Br)c2)c1C. The van der Waals surface area contributed by atoms with Crippen LogP contribution in [-0.2, 0) is 6.54 Å². The van der Waals surface area contributed by atoms with Gasteiger partial charge in [-0.15, -0.1) is 0 Å². The molecular formula is C16H21BrN4. The van der Waals surface area contributed by atoms with E-state index < -0.39 is 0 Å². The average Bonchev–Trinajstić information content (AvgIpc) is 2.71. The molecule has 2 aromatic rings. The number of rotatable bonds is 4. The molecule has 0 aliphatic carbocycles. The van der Waals surface area contributed by atoms with Gasteiger partial charge in [-0.25, -0.2) is 0 Å². The van der Waals surface area contributed by atoms with Gasteiger partial charge >= 0.3 is 0 Å².